The Bertz CT molecular complexity index is 1570. The number of nitrogens with one attached hydrogen (secondary N) is 2. The number of para-hydroxylation sites is 1. The quantitative estimate of drug-likeness (QED) is 0.193. The molecule has 0 unspecified atom stereocenters. The zero-order valence-electron chi connectivity index (χ0n) is 24.2. The molecule has 2 aliphatic rings. The molecule has 2 aliphatic heterocycles. The molecule has 3 aromatic rings. The average Bonchev–Trinajstić information content (AvgIpc) is 3.28. The molecule has 1 aromatic heterocycles. The standard InChI is InChI=1S/C30H36IN5O5S/c1-18(2)41-26-13-20-17-36(22-9-11-40-12-10-22)29(37)23(20)14-25(26)34-30-32-16-21(15-31)28(35-30)33-24-7-5-6-8-27(24)42(38,39)19(3)4/h5-8,13-14,16,18-19,22H,9-12,15,17H2,1-4H3,(H2,32,33,34,35). The molecule has 1 fully saturated rings. The molecule has 0 radical (unpaired) electrons. The maximum absolute atomic E-state index is 13.5. The van der Waals surface area contributed by atoms with Crippen molar-refractivity contribution in [2.75, 3.05) is 23.8 Å². The van der Waals surface area contributed by atoms with Crippen LogP contribution in [0.4, 0.5) is 23.1 Å². The minimum absolute atomic E-state index is 0.00236. The molecule has 0 saturated carbocycles. The highest BCUT2D eigenvalue weighted by atomic mass is 127. The Morgan fingerprint density at radius 3 is 2.52 bits per heavy atom. The van der Waals surface area contributed by atoms with Crippen LogP contribution in [0, 0.1) is 0 Å². The Morgan fingerprint density at radius 1 is 1.10 bits per heavy atom. The number of ether oxygens (including phenoxy) is 2. The van der Waals surface area contributed by atoms with Gasteiger partial charge < -0.3 is 25.0 Å². The molecule has 0 bridgehead atoms. The van der Waals surface area contributed by atoms with E-state index in [1.54, 1.807) is 44.3 Å². The average molecular weight is 706 g/mol. The van der Waals surface area contributed by atoms with Gasteiger partial charge in [-0.3, -0.25) is 4.79 Å². The van der Waals surface area contributed by atoms with Crippen molar-refractivity contribution < 1.29 is 22.7 Å². The predicted molar refractivity (Wildman–Crippen MR) is 171 cm³/mol. The number of hydrogen-bond acceptors (Lipinski definition) is 9. The van der Waals surface area contributed by atoms with E-state index in [-0.39, 0.29) is 28.9 Å². The van der Waals surface area contributed by atoms with E-state index in [1.165, 1.54) is 0 Å². The van der Waals surface area contributed by atoms with Crippen molar-refractivity contribution in [2.45, 2.75) is 73.8 Å². The highest BCUT2D eigenvalue weighted by Crippen LogP contribution is 2.38. The summed E-state index contributed by atoms with van der Waals surface area (Å²) in [5, 5.41) is 5.93. The number of hydrogen-bond donors (Lipinski definition) is 2. The lowest BCUT2D eigenvalue weighted by atomic mass is 10.1. The van der Waals surface area contributed by atoms with Gasteiger partial charge in [0.2, 0.25) is 5.95 Å². The van der Waals surface area contributed by atoms with Crippen LogP contribution in [0.5, 0.6) is 5.75 Å². The van der Waals surface area contributed by atoms with Gasteiger partial charge in [0.15, 0.2) is 9.84 Å². The molecule has 1 amide bonds. The van der Waals surface area contributed by atoms with Gasteiger partial charge in [0.1, 0.15) is 11.6 Å². The van der Waals surface area contributed by atoms with Crippen molar-refractivity contribution in [2.24, 2.45) is 0 Å². The van der Waals surface area contributed by atoms with Crippen molar-refractivity contribution in [3.8, 4) is 5.75 Å². The summed E-state index contributed by atoms with van der Waals surface area (Å²) in [6.45, 7) is 9.09. The first-order chi connectivity index (χ1) is 20.1. The Kier molecular flexibility index (Phi) is 9.23. The fourth-order valence-electron chi connectivity index (χ4n) is 5.10. The predicted octanol–water partition coefficient (Wildman–Crippen LogP) is 6.00. The van der Waals surface area contributed by atoms with Crippen molar-refractivity contribution in [1.29, 1.82) is 0 Å². The van der Waals surface area contributed by atoms with Gasteiger partial charge >= 0.3 is 0 Å². The van der Waals surface area contributed by atoms with Crippen molar-refractivity contribution in [1.82, 2.24) is 14.9 Å². The van der Waals surface area contributed by atoms with E-state index in [4.69, 9.17) is 14.5 Å². The van der Waals surface area contributed by atoms with Crippen molar-refractivity contribution in [3.63, 3.8) is 0 Å². The van der Waals surface area contributed by atoms with E-state index in [0.29, 0.717) is 52.7 Å². The van der Waals surface area contributed by atoms with Crippen molar-refractivity contribution in [3.05, 3.63) is 59.3 Å². The summed E-state index contributed by atoms with van der Waals surface area (Å²) in [6, 6.07) is 10.7. The molecule has 2 N–H and O–H groups in total. The number of benzene rings is 2. The number of carbonyl (C=O) groups is 1. The number of anilines is 4. The van der Waals surface area contributed by atoms with Crippen LogP contribution in [0.15, 0.2) is 47.5 Å². The summed E-state index contributed by atoms with van der Waals surface area (Å²) in [6.07, 6.45) is 3.27. The number of nitrogens with zero attached hydrogens (tertiary/aromatic N) is 3. The van der Waals surface area contributed by atoms with Crippen LogP contribution in [0.25, 0.3) is 0 Å². The summed E-state index contributed by atoms with van der Waals surface area (Å²) < 4.78 is 38.3. The molecule has 12 heteroatoms. The number of amides is 1. The largest absolute Gasteiger partial charge is 0.489 e. The highest BCUT2D eigenvalue weighted by Gasteiger charge is 2.35. The topological polar surface area (TPSA) is 123 Å². The number of aromatic nitrogens is 2. The van der Waals surface area contributed by atoms with Crippen molar-refractivity contribution >= 4 is 61.5 Å². The van der Waals surface area contributed by atoms with Crippen LogP contribution < -0.4 is 15.4 Å². The summed E-state index contributed by atoms with van der Waals surface area (Å²) in [4.78, 5) is 24.9. The van der Waals surface area contributed by atoms with Gasteiger partial charge in [0.05, 0.1) is 27.6 Å². The number of alkyl halides is 1. The molecule has 10 nitrogen and oxygen atoms in total. The van der Waals surface area contributed by atoms with Crippen LogP contribution in [0.2, 0.25) is 0 Å². The Labute approximate surface area is 260 Å². The minimum Gasteiger partial charge on any atom is -0.489 e. The van der Waals surface area contributed by atoms with E-state index in [0.717, 1.165) is 24.0 Å². The van der Waals surface area contributed by atoms with E-state index in [2.05, 4.69) is 38.2 Å². The molecule has 1 saturated heterocycles. The monoisotopic (exact) mass is 705 g/mol. The summed E-state index contributed by atoms with van der Waals surface area (Å²) in [5.41, 5.74) is 3.41. The third-order valence-corrected chi connectivity index (χ3v) is 10.4. The first-order valence-corrected chi connectivity index (χ1v) is 17.2. The van der Waals surface area contributed by atoms with Crippen LogP contribution in [-0.2, 0) is 25.5 Å². The number of carbonyl (C=O) groups excluding carboxylic acids is 1. The Balaban J connectivity index is 1.47. The molecule has 0 spiro atoms. The lowest BCUT2D eigenvalue weighted by Crippen LogP contribution is -2.39. The number of sulfone groups is 1. The highest BCUT2D eigenvalue weighted by molar-refractivity contribution is 14.1. The fourth-order valence-corrected chi connectivity index (χ4v) is 6.86. The third kappa shape index (κ3) is 6.35. The molecular weight excluding hydrogens is 669 g/mol. The molecule has 0 aliphatic carbocycles. The normalized spacial score (nSPS) is 15.8. The number of rotatable bonds is 10. The molecule has 42 heavy (non-hydrogen) atoms. The molecule has 224 valence electrons. The second-order valence-electron chi connectivity index (χ2n) is 11.0. The van der Waals surface area contributed by atoms with Gasteiger partial charge in [-0.05, 0) is 70.4 Å². The molecule has 5 rings (SSSR count). The first-order valence-electron chi connectivity index (χ1n) is 14.1. The lowest BCUT2D eigenvalue weighted by Gasteiger charge is -2.30. The van der Waals surface area contributed by atoms with E-state index in [9.17, 15) is 13.2 Å². The van der Waals surface area contributed by atoms with Crippen LogP contribution in [-0.4, -0.2) is 59.8 Å². The first kappa shape index (κ1) is 30.5. The fraction of sp³-hybridized carbons (Fsp3) is 0.433. The Hall–Kier alpha value is -2.97. The lowest BCUT2D eigenvalue weighted by molar-refractivity contribution is 0.0303. The van der Waals surface area contributed by atoms with Crippen LogP contribution in [0.3, 0.4) is 0 Å². The smallest absolute Gasteiger partial charge is 0.254 e. The second-order valence-corrected chi connectivity index (χ2v) is 14.2. The molecule has 0 atom stereocenters. The van der Waals surface area contributed by atoms with Gasteiger partial charge in [-0.15, -0.1) is 0 Å². The summed E-state index contributed by atoms with van der Waals surface area (Å²) in [7, 11) is -3.53. The molecular formula is C30H36IN5O5S. The van der Waals surface area contributed by atoms with E-state index >= 15 is 0 Å². The van der Waals surface area contributed by atoms with E-state index in [1.807, 2.05) is 30.9 Å². The number of fused-ring (bicyclic) bond motifs is 1. The Morgan fingerprint density at radius 2 is 1.83 bits per heavy atom. The second kappa shape index (κ2) is 12.7. The number of halogens is 1. The summed E-state index contributed by atoms with van der Waals surface area (Å²) >= 11 is 2.22. The minimum atomic E-state index is -3.53. The molecule has 2 aromatic carbocycles. The SMILES string of the molecule is CC(C)Oc1cc2c(cc1Nc1ncc(CI)c(Nc3ccccc3S(=O)(=O)C(C)C)n1)C(=O)N(C1CCOCC1)C2. The van der Waals surface area contributed by atoms with Gasteiger partial charge in [0.25, 0.3) is 5.91 Å². The van der Waals surface area contributed by atoms with Gasteiger partial charge in [0, 0.05) is 47.6 Å². The maximum Gasteiger partial charge on any atom is 0.254 e. The summed E-state index contributed by atoms with van der Waals surface area (Å²) in [5.74, 6) is 1.38. The van der Waals surface area contributed by atoms with E-state index < -0.39 is 15.1 Å². The van der Waals surface area contributed by atoms with Crippen LogP contribution >= 0.6 is 22.6 Å². The third-order valence-electron chi connectivity index (χ3n) is 7.35. The zero-order chi connectivity index (χ0) is 30.0. The van der Waals surface area contributed by atoms with Gasteiger partial charge in [-0.2, -0.15) is 4.98 Å². The maximum atomic E-state index is 13.5. The van der Waals surface area contributed by atoms with Crippen LogP contribution in [0.1, 0.15) is 62.0 Å². The van der Waals surface area contributed by atoms with Gasteiger partial charge in [-0.25, -0.2) is 13.4 Å². The van der Waals surface area contributed by atoms with Gasteiger partial charge in [-0.1, -0.05) is 34.7 Å². The molecule has 3 heterocycles. The zero-order valence-corrected chi connectivity index (χ0v) is 27.2.